The molecule has 1 aliphatic rings. The summed E-state index contributed by atoms with van der Waals surface area (Å²) < 4.78 is 0. The zero-order chi connectivity index (χ0) is 11.3. The number of rotatable bonds is 1. The van der Waals surface area contributed by atoms with Gasteiger partial charge in [0, 0.05) is 5.56 Å². The third kappa shape index (κ3) is 1.15. The van der Waals surface area contributed by atoms with Gasteiger partial charge in [0.2, 0.25) is 0 Å². The molecule has 0 amide bonds. The number of carbonyl (C=O) groups is 1. The van der Waals surface area contributed by atoms with Crippen LogP contribution in [0, 0.1) is 6.92 Å². The van der Waals surface area contributed by atoms with Crippen LogP contribution in [-0.4, -0.2) is 5.78 Å². The summed E-state index contributed by atoms with van der Waals surface area (Å²) in [6, 6.07) is 8.53. The fourth-order valence-electron chi connectivity index (χ4n) is 2.83. The van der Waals surface area contributed by atoms with Gasteiger partial charge in [-0.3, -0.25) is 4.79 Å². The zero-order valence-electron chi connectivity index (χ0n) is 9.63. The monoisotopic (exact) mass is 210 g/mol. The van der Waals surface area contributed by atoms with Crippen LogP contribution in [0.4, 0.5) is 0 Å². The summed E-state index contributed by atoms with van der Waals surface area (Å²) in [6.45, 7) is 3.71. The van der Waals surface area contributed by atoms with Crippen LogP contribution in [-0.2, 0) is 12.8 Å². The van der Waals surface area contributed by atoms with E-state index in [1.165, 1.54) is 21.9 Å². The fourth-order valence-corrected chi connectivity index (χ4v) is 2.83. The normalized spacial score (nSPS) is 13.4. The lowest BCUT2D eigenvalue weighted by Gasteiger charge is -2.09. The molecule has 3 rings (SSSR count). The van der Waals surface area contributed by atoms with E-state index in [0.717, 1.165) is 24.0 Å². The highest BCUT2D eigenvalue weighted by Crippen LogP contribution is 2.34. The summed E-state index contributed by atoms with van der Waals surface area (Å²) in [4.78, 5) is 11.6. The number of hydrogen-bond donors (Lipinski definition) is 0. The molecule has 0 radical (unpaired) electrons. The van der Waals surface area contributed by atoms with E-state index in [2.05, 4.69) is 31.2 Å². The number of ketones is 1. The first kappa shape index (κ1) is 9.59. The van der Waals surface area contributed by atoms with Crippen LogP contribution in [0.5, 0.6) is 0 Å². The molecular formula is C15H14O. The van der Waals surface area contributed by atoms with E-state index in [-0.39, 0.29) is 5.78 Å². The minimum atomic E-state index is 0.174. The second-order valence-electron chi connectivity index (χ2n) is 4.60. The van der Waals surface area contributed by atoms with Crippen molar-refractivity contribution >= 4 is 16.6 Å². The van der Waals surface area contributed by atoms with Crippen LogP contribution in [0.25, 0.3) is 10.8 Å². The molecule has 0 spiro atoms. The molecule has 0 heterocycles. The molecule has 0 aliphatic heterocycles. The molecule has 2 aromatic carbocycles. The lowest BCUT2D eigenvalue weighted by atomic mass is 9.94. The summed E-state index contributed by atoms with van der Waals surface area (Å²) in [7, 11) is 0. The molecule has 80 valence electrons. The highest BCUT2D eigenvalue weighted by Gasteiger charge is 2.18. The molecule has 0 bridgehead atoms. The fraction of sp³-hybridized carbons (Fsp3) is 0.267. The number of benzene rings is 2. The average Bonchev–Trinajstić information content (AvgIpc) is 2.67. The lowest BCUT2D eigenvalue weighted by Crippen LogP contribution is -1.98. The molecule has 0 unspecified atom stereocenters. The predicted molar refractivity (Wildman–Crippen MR) is 66.1 cm³/mol. The molecule has 1 heteroatoms. The van der Waals surface area contributed by atoms with Crippen LogP contribution in [0.3, 0.4) is 0 Å². The Morgan fingerprint density at radius 1 is 1.19 bits per heavy atom. The minimum Gasteiger partial charge on any atom is -0.295 e. The number of carbonyl (C=O) groups excluding carboxylic acids is 1. The van der Waals surface area contributed by atoms with Gasteiger partial charge in [-0.15, -0.1) is 0 Å². The SMILES string of the molecule is CC(=O)c1cc2c3c(cccc3c1C)CC2. The van der Waals surface area contributed by atoms with Crippen LogP contribution < -0.4 is 0 Å². The van der Waals surface area contributed by atoms with Crippen molar-refractivity contribution in [3.05, 3.63) is 46.5 Å². The van der Waals surface area contributed by atoms with Gasteiger partial charge in [-0.25, -0.2) is 0 Å². The van der Waals surface area contributed by atoms with E-state index in [9.17, 15) is 4.79 Å². The van der Waals surface area contributed by atoms with Gasteiger partial charge >= 0.3 is 0 Å². The van der Waals surface area contributed by atoms with E-state index in [4.69, 9.17) is 0 Å². The van der Waals surface area contributed by atoms with Crippen LogP contribution in [0.15, 0.2) is 24.3 Å². The second kappa shape index (κ2) is 3.18. The van der Waals surface area contributed by atoms with Crippen molar-refractivity contribution in [2.24, 2.45) is 0 Å². The summed E-state index contributed by atoms with van der Waals surface area (Å²) in [5.74, 6) is 0.174. The van der Waals surface area contributed by atoms with E-state index in [1.54, 1.807) is 6.92 Å². The second-order valence-corrected chi connectivity index (χ2v) is 4.60. The molecule has 0 aromatic heterocycles. The Bertz CT molecular complexity index is 608. The highest BCUT2D eigenvalue weighted by molar-refractivity contribution is 6.03. The first-order valence-electron chi connectivity index (χ1n) is 5.73. The van der Waals surface area contributed by atoms with Crippen molar-refractivity contribution in [2.45, 2.75) is 26.7 Å². The Kier molecular flexibility index (Phi) is 1.90. The van der Waals surface area contributed by atoms with Gasteiger partial charge in [0.15, 0.2) is 5.78 Å². The molecule has 0 saturated carbocycles. The molecule has 2 aromatic rings. The summed E-state index contributed by atoms with van der Waals surface area (Å²) >= 11 is 0. The zero-order valence-corrected chi connectivity index (χ0v) is 9.63. The maximum atomic E-state index is 11.6. The Labute approximate surface area is 95.1 Å². The van der Waals surface area contributed by atoms with E-state index in [0.29, 0.717) is 0 Å². The van der Waals surface area contributed by atoms with Crippen LogP contribution in [0.2, 0.25) is 0 Å². The smallest absolute Gasteiger partial charge is 0.160 e. The Morgan fingerprint density at radius 3 is 2.69 bits per heavy atom. The van der Waals surface area contributed by atoms with Gasteiger partial charge in [-0.1, -0.05) is 18.2 Å². The summed E-state index contributed by atoms with van der Waals surface area (Å²) in [5, 5.41) is 2.66. The molecular weight excluding hydrogens is 196 g/mol. The maximum absolute atomic E-state index is 11.6. The van der Waals surface area contributed by atoms with Gasteiger partial charge < -0.3 is 0 Å². The van der Waals surface area contributed by atoms with E-state index >= 15 is 0 Å². The number of aryl methyl sites for hydroxylation is 3. The number of Topliss-reactive ketones (excluding diaryl/α,β-unsaturated/α-hetero) is 1. The number of hydrogen-bond acceptors (Lipinski definition) is 1. The quantitative estimate of drug-likeness (QED) is 0.659. The molecule has 1 aliphatic carbocycles. The highest BCUT2D eigenvalue weighted by atomic mass is 16.1. The third-order valence-electron chi connectivity index (χ3n) is 3.64. The molecule has 0 N–H and O–H groups in total. The Balaban J connectivity index is 2.48. The molecule has 16 heavy (non-hydrogen) atoms. The van der Waals surface area contributed by atoms with Crippen molar-refractivity contribution in [1.82, 2.24) is 0 Å². The van der Waals surface area contributed by atoms with Crippen molar-refractivity contribution in [2.75, 3.05) is 0 Å². The van der Waals surface area contributed by atoms with Gasteiger partial charge in [-0.2, -0.15) is 0 Å². The van der Waals surface area contributed by atoms with Gasteiger partial charge in [0.1, 0.15) is 0 Å². The van der Waals surface area contributed by atoms with Gasteiger partial charge in [-0.05, 0) is 60.2 Å². The van der Waals surface area contributed by atoms with E-state index < -0.39 is 0 Å². The van der Waals surface area contributed by atoms with Crippen molar-refractivity contribution in [1.29, 1.82) is 0 Å². The van der Waals surface area contributed by atoms with Crippen LogP contribution in [0.1, 0.15) is 34.0 Å². The Morgan fingerprint density at radius 2 is 1.94 bits per heavy atom. The first-order chi connectivity index (χ1) is 7.68. The topological polar surface area (TPSA) is 17.1 Å². The third-order valence-corrected chi connectivity index (χ3v) is 3.64. The molecule has 1 nitrogen and oxygen atoms in total. The maximum Gasteiger partial charge on any atom is 0.160 e. The average molecular weight is 210 g/mol. The summed E-state index contributed by atoms with van der Waals surface area (Å²) in [6.07, 6.45) is 2.20. The van der Waals surface area contributed by atoms with Crippen LogP contribution >= 0.6 is 0 Å². The van der Waals surface area contributed by atoms with Crippen molar-refractivity contribution in [3.63, 3.8) is 0 Å². The summed E-state index contributed by atoms with van der Waals surface area (Å²) in [5.41, 5.74) is 4.81. The van der Waals surface area contributed by atoms with E-state index in [1.807, 2.05) is 0 Å². The van der Waals surface area contributed by atoms with Crippen molar-refractivity contribution in [3.8, 4) is 0 Å². The first-order valence-corrected chi connectivity index (χ1v) is 5.73. The lowest BCUT2D eigenvalue weighted by molar-refractivity contribution is 0.101. The molecule has 0 saturated heterocycles. The molecule has 0 fully saturated rings. The predicted octanol–water partition coefficient (Wildman–Crippen LogP) is 3.45. The largest absolute Gasteiger partial charge is 0.295 e. The van der Waals surface area contributed by atoms with Crippen molar-refractivity contribution < 1.29 is 4.79 Å². The van der Waals surface area contributed by atoms with Gasteiger partial charge in [0.05, 0.1) is 0 Å². The molecule has 0 atom stereocenters. The Hall–Kier alpha value is -1.63. The van der Waals surface area contributed by atoms with Gasteiger partial charge in [0.25, 0.3) is 0 Å². The minimum absolute atomic E-state index is 0.174. The standard InChI is InChI=1S/C15H14O/c1-9-13-5-3-4-11-6-7-12(15(11)13)8-14(9)10(2)16/h3-5,8H,6-7H2,1-2H3.